The van der Waals surface area contributed by atoms with Crippen molar-refractivity contribution < 1.29 is 31.7 Å². The van der Waals surface area contributed by atoms with Gasteiger partial charge in [0.25, 0.3) is 5.56 Å². The number of benzene rings is 1. The number of esters is 2. The van der Waals surface area contributed by atoms with Crippen LogP contribution in [0.5, 0.6) is 5.75 Å². The number of rotatable bonds is 7. The molecule has 2 aromatic rings. The molecule has 0 amide bonds. The SMILES string of the molecule is CCOC(=O)c1cc(OS(=O)(=O)c2cn(C)c(=O)n(C)c2=O)cc(C(=O)OCC)c1. The zero-order valence-electron chi connectivity index (χ0n) is 16.7. The van der Waals surface area contributed by atoms with E-state index >= 15 is 0 Å². The lowest BCUT2D eigenvalue weighted by Crippen LogP contribution is -2.39. The number of carbonyl (C=O) groups excluding carboxylic acids is 2. The number of aryl methyl sites for hydroxylation is 1. The Morgan fingerprint density at radius 3 is 1.90 bits per heavy atom. The first-order chi connectivity index (χ1) is 14.0. The molecule has 0 aliphatic heterocycles. The molecule has 0 unspecified atom stereocenters. The van der Waals surface area contributed by atoms with Crippen molar-refractivity contribution >= 4 is 22.1 Å². The van der Waals surface area contributed by atoms with E-state index in [-0.39, 0.29) is 24.3 Å². The van der Waals surface area contributed by atoms with Gasteiger partial charge in [-0.2, -0.15) is 8.42 Å². The number of aromatic nitrogens is 2. The van der Waals surface area contributed by atoms with Crippen LogP contribution in [0.25, 0.3) is 0 Å². The van der Waals surface area contributed by atoms with Crippen LogP contribution >= 0.6 is 0 Å². The maximum absolute atomic E-state index is 12.7. The van der Waals surface area contributed by atoms with E-state index in [1.54, 1.807) is 13.8 Å². The van der Waals surface area contributed by atoms with Gasteiger partial charge in [0.2, 0.25) is 0 Å². The summed E-state index contributed by atoms with van der Waals surface area (Å²) in [5.74, 6) is -2.05. The molecular formula is C18H20N2O9S. The van der Waals surface area contributed by atoms with Crippen molar-refractivity contribution in [2.24, 2.45) is 14.1 Å². The van der Waals surface area contributed by atoms with Crippen molar-refractivity contribution in [3.05, 3.63) is 56.4 Å². The van der Waals surface area contributed by atoms with Gasteiger partial charge in [0.1, 0.15) is 5.75 Å². The van der Waals surface area contributed by atoms with E-state index in [9.17, 15) is 27.6 Å². The molecule has 0 spiro atoms. The van der Waals surface area contributed by atoms with Crippen molar-refractivity contribution in [2.45, 2.75) is 18.7 Å². The molecule has 0 bridgehead atoms. The van der Waals surface area contributed by atoms with E-state index in [1.807, 2.05) is 0 Å². The van der Waals surface area contributed by atoms with E-state index in [0.29, 0.717) is 4.57 Å². The lowest BCUT2D eigenvalue weighted by atomic mass is 10.1. The average Bonchev–Trinajstić information content (AvgIpc) is 2.68. The number of hydrogen-bond acceptors (Lipinski definition) is 9. The zero-order chi connectivity index (χ0) is 22.6. The van der Waals surface area contributed by atoms with Crippen LogP contribution in [-0.4, -0.2) is 42.7 Å². The minimum Gasteiger partial charge on any atom is -0.462 e. The van der Waals surface area contributed by atoms with Gasteiger partial charge < -0.3 is 18.2 Å². The standard InChI is InChI=1S/C18H20N2O9S/c1-5-27-16(22)11-7-12(17(23)28-6-2)9-13(8-11)29-30(25,26)14-10-19(3)18(24)20(4)15(14)21/h7-10H,5-6H2,1-4H3. The van der Waals surface area contributed by atoms with Crippen LogP contribution in [0, 0.1) is 0 Å². The van der Waals surface area contributed by atoms with Crippen molar-refractivity contribution in [1.82, 2.24) is 9.13 Å². The molecule has 30 heavy (non-hydrogen) atoms. The molecule has 12 heteroatoms. The average molecular weight is 440 g/mol. The van der Waals surface area contributed by atoms with Gasteiger partial charge in [-0.05, 0) is 32.0 Å². The minimum absolute atomic E-state index is 0.0467. The Labute approximate surface area is 171 Å². The molecule has 0 atom stereocenters. The van der Waals surface area contributed by atoms with Crippen LogP contribution in [0.2, 0.25) is 0 Å². The van der Waals surface area contributed by atoms with Gasteiger partial charge in [0, 0.05) is 20.3 Å². The summed E-state index contributed by atoms with van der Waals surface area (Å²) in [7, 11) is -2.33. The molecule has 1 heterocycles. The lowest BCUT2D eigenvalue weighted by Gasteiger charge is -2.11. The number of nitrogens with zero attached hydrogens (tertiary/aromatic N) is 2. The first-order valence-electron chi connectivity index (χ1n) is 8.72. The van der Waals surface area contributed by atoms with E-state index in [4.69, 9.17) is 13.7 Å². The lowest BCUT2D eigenvalue weighted by molar-refractivity contribution is 0.0524. The molecule has 0 saturated carbocycles. The van der Waals surface area contributed by atoms with Crippen LogP contribution in [-0.2, 0) is 33.7 Å². The predicted octanol–water partition coefficient (Wildman–Crippen LogP) is 0.205. The Morgan fingerprint density at radius 2 is 1.43 bits per heavy atom. The van der Waals surface area contributed by atoms with Gasteiger partial charge in [-0.3, -0.25) is 9.36 Å². The molecule has 11 nitrogen and oxygen atoms in total. The molecular weight excluding hydrogens is 420 g/mol. The second kappa shape index (κ2) is 8.95. The molecule has 0 aliphatic rings. The van der Waals surface area contributed by atoms with Crippen molar-refractivity contribution in [3.63, 3.8) is 0 Å². The highest BCUT2D eigenvalue weighted by Gasteiger charge is 2.25. The zero-order valence-corrected chi connectivity index (χ0v) is 17.5. The maximum Gasteiger partial charge on any atom is 0.346 e. The fourth-order valence-corrected chi connectivity index (χ4v) is 3.51. The maximum atomic E-state index is 12.7. The highest BCUT2D eigenvalue weighted by molar-refractivity contribution is 7.87. The first kappa shape index (κ1) is 22.9. The molecule has 0 saturated heterocycles. The third-order valence-electron chi connectivity index (χ3n) is 3.82. The highest BCUT2D eigenvalue weighted by Crippen LogP contribution is 2.22. The van der Waals surface area contributed by atoms with E-state index < -0.39 is 44.0 Å². The Morgan fingerprint density at radius 1 is 0.933 bits per heavy atom. The van der Waals surface area contributed by atoms with E-state index in [1.165, 1.54) is 13.1 Å². The summed E-state index contributed by atoms with van der Waals surface area (Å²) in [6.07, 6.45) is 0.821. The van der Waals surface area contributed by atoms with Crippen LogP contribution < -0.4 is 15.4 Å². The van der Waals surface area contributed by atoms with Crippen LogP contribution in [0.4, 0.5) is 0 Å². The summed E-state index contributed by atoms with van der Waals surface area (Å²) >= 11 is 0. The van der Waals surface area contributed by atoms with Crippen LogP contribution in [0.3, 0.4) is 0 Å². The van der Waals surface area contributed by atoms with Crippen molar-refractivity contribution in [2.75, 3.05) is 13.2 Å². The predicted molar refractivity (Wildman–Crippen MR) is 103 cm³/mol. The fourth-order valence-electron chi connectivity index (χ4n) is 2.43. The second-order valence-electron chi connectivity index (χ2n) is 5.98. The van der Waals surface area contributed by atoms with Gasteiger partial charge in [-0.25, -0.2) is 14.4 Å². The number of carbonyl (C=O) groups is 2. The summed E-state index contributed by atoms with van der Waals surface area (Å²) in [5, 5.41) is 0. The fraction of sp³-hybridized carbons (Fsp3) is 0.333. The molecule has 0 aliphatic carbocycles. The van der Waals surface area contributed by atoms with Gasteiger partial charge in [-0.1, -0.05) is 0 Å². The van der Waals surface area contributed by atoms with Crippen LogP contribution in [0.1, 0.15) is 34.6 Å². The summed E-state index contributed by atoms with van der Waals surface area (Å²) in [5.41, 5.74) is -2.12. The molecule has 162 valence electrons. The quantitative estimate of drug-likeness (QED) is 0.436. The van der Waals surface area contributed by atoms with Gasteiger partial charge in [0.05, 0.1) is 24.3 Å². The highest BCUT2D eigenvalue weighted by atomic mass is 32.2. The summed E-state index contributed by atoms with van der Waals surface area (Å²) in [6.45, 7) is 3.24. The Bertz CT molecular complexity index is 1170. The Kier molecular flexibility index (Phi) is 6.82. The Balaban J connectivity index is 2.58. The van der Waals surface area contributed by atoms with Crippen molar-refractivity contribution in [3.8, 4) is 5.75 Å². The second-order valence-corrected chi connectivity index (χ2v) is 7.49. The monoisotopic (exact) mass is 440 g/mol. The smallest absolute Gasteiger partial charge is 0.346 e. The Hall–Kier alpha value is -3.41. The van der Waals surface area contributed by atoms with Gasteiger partial charge >= 0.3 is 27.7 Å². The topological polar surface area (TPSA) is 140 Å². The number of ether oxygens (including phenoxy) is 2. The molecule has 0 radical (unpaired) electrons. The molecule has 1 aromatic carbocycles. The third kappa shape index (κ3) is 4.76. The van der Waals surface area contributed by atoms with Crippen LogP contribution in [0.15, 0.2) is 38.9 Å². The normalized spacial score (nSPS) is 11.1. The molecule has 2 rings (SSSR count). The van der Waals surface area contributed by atoms with E-state index in [2.05, 4.69) is 0 Å². The molecule has 1 aromatic heterocycles. The summed E-state index contributed by atoms with van der Waals surface area (Å²) in [4.78, 5) is 47.4. The van der Waals surface area contributed by atoms with E-state index in [0.717, 1.165) is 29.9 Å². The molecule has 0 fully saturated rings. The third-order valence-corrected chi connectivity index (χ3v) is 5.05. The minimum atomic E-state index is -4.71. The number of hydrogen-bond donors (Lipinski definition) is 0. The largest absolute Gasteiger partial charge is 0.462 e. The van der Waals surface area contributed by atoms with Crippen molar-refractivity contribution in [1.29, 1.82) is 0 Å². The summed E-state index contributed by atoms with van der Waals surface area (Å²) in [6, 6.07) is 3.26. The molecule has 0 N–H and O–H groups in total. The van der Waals surface area contributed by atoms with Gasteiger partial charge in [0.15, 0.2) is 4.90 Å². The van der Waals surface area contributed by atoms with Gasteiger partial charge in [-0.15, -0.1) is 0 Å². The first-order valence-corrected chi connectivity index (χ1v) is 10.1. The summed E-state index contributed by atoms with van der Waals surface area (Å²) < 4.78 is 41.6.